The Balaban J connectivity index is 1.96. The summed E-state index contributed by atoms with van der Waals surface area (Å²) in [6.45, 7) is 3.09. The van der Waals surface area contributed by atoms with Crippen LogP contribution in [0.1, 0.15) is 31.2 Å². The van der Waals surface area contributed by atoms with Gasteiger partial charge in [0.25, 0.3) is 0 Å². The Labute approximate surface area is 139 Å². The minimum Gasteiger partial charge on any atom is -0.370 e. The Morgan fingerprint density at radius 2 is 2.18 bits per heavy atom. The Hall–Kier alpha value is -1.40. The highest BCUT2D eigenvalue weighted by Crippen LogP contribution is 2.21. The van der Waals surface area contributed by atoms with Crippen LogP contribution in [0.25, 0.3) is 0 Å². The molecule has 3 N–H and O–H groups in total. The van der Waals surface area contributed by atoms with E-state index in [1.807, 2.05) is 25.1 Å². The zero-order valence-electron chi connectivity index (χ0n) is 12.8. The first kappa shape index (κ1) is 17.0. The van der Waals surface area contributed by atoms with Crippen LogP contribution in [-0.2, 0) is 9.59 Å². The van der Waals surface area contributed by atoms with Crippen LogP contribution in [0.4, 0.5) is 5.69 Å². The van der Waals surface area contributed by atoms with Gasteiger partial charge in [-0.15, -0.1) is 0 Å². The van der Waals surface area contributed by atoms with Gasteiger partial charge in [0, 0.05) is 22.6 Å². The van der Waals surface area contributed by atoms with Crippen molar-refractivity contribution in [3.05, 3.63) is 28.2 Å². The van der Waals surface area contributed by atoms with Crippen LogP contribution in [0.5, 0.6) is 0 Å². The van der Waals surface area contributed by atoms with Gasteiger partial charge >= 0.3 is 0 Å². The second-order valence-electron chi connectivity index (χ2n) is 5.80. The van der Waals surface area contributed by atoms with E-state index in [4.69, 9.17) is 5.73 Å². The van der Waals surface area contributed by atoms with Crippen molar-refractivity contribution in [1.82, 2.24) is 4.90 Å². The number of primary amides is 1. The Bertz CT molecular complexity index is 562. The summed E-state index contributed by atoms with van der Waals surface area (Å²) in [5, 5.41) is 2.94. The fourth-order valence-corrected chi connectivity index (χ4v) is 3.35. The molecule has 1 heterocycles. The molecule has 1 fully saturated rings. The molecule has 2 rings (SSSR count). The van der Waals surface area contributed by atoms with Gasteiger partial charge in [-0.25, -0.2) is 0 Å². The monoisotopic (exact) mass is 367 g/mol. The van der Waals surface area contributed by atoms with Crippen molar-refractivity contribution >= 4 is 33.4 Å². The van der Waals surface area contributed by atoms with E-state index in [9.17, 15) is 9.59 Å². The van der Waals surface area contributed by atoms with E-state index in [2.05, 4.69) is 26.1 Å². The van der Waals surface area contributed by atoms with Crippen molar-refractivity contribution in [3.8, 4) is 0 Å². The maximum Gasteiger partial charge on any atom is 0.238 e. The van der Waals surface area contributed by atoms with Crippen molar-refractivity contribution in [2.24, 2.45) is 5.73 Å². The topological polar surface area (TPSA) is 75.4 Å². The Morgan fingerprint density at radius 3 is 2.86 bits per heavy atom. The molecule has 6 heteroatoms. The average molecular weight is 368 g/mol. The molecule has 1 atom stereocenters. The van der Waals surface area contributed by atoms with Crippen molar-refractivity contribution < 1.29 is 9.59 Å². The van der Waals surface area contributed by atoms with Crippen LogP contribution in [0.15, 0.2) is 22.7 Å². The third-order valence-electron chi connectivity index (χ3n) is 4.00. The van der Waals surface area contributed by atoms with Crippen LogP contribution < -0.4 is 11.1 Å². The molecular formula is C16H22BrN3O2. The van der Waals surface area contributed by atoms with Gasteiger partial charge in [0.05, 0.1) is 6.54 Å². The summed E-state index contributed by atoms with van der Waals surface area (Å²) in [5.41, 5.74) is 7.13. The molecule has 1 aromatic carbocycles. The lowest BCUT2D eigenvalue weighted by Crippen LogP contribution is -2.45. The molecule has 1 aromatic rings. The standard InChI is InChI=1S/C16H22BrN3O2/c1-11-8-12(17)5-6-14(11)19-16(22)10-20-7-3-2-4-13(20)9-15(18)21/h5-6,8,13H,2-4,7,9-10H2,1H3,(H2,18,21)(H,19,22). The number of amides is 2. The summed E-state index contributed by atoms with van der Waals surface area (Å²) in [7, 11) is 0. The molecule has 0 bridgehead atoms. The normalized spacial score (nSPS) is 18.9. The summed E-state index contributed by atoms with van der Waals surface area (Å²) < 4.78 is 0.987. The molecule has 1 aliphatic heterocycles. The van der Waals surface area contributed by atoms with E-state index in [1.165, 1.54) is 0 Å². The second-order valence-corrected chi connectivity index (χ2v) is 6.71. The molecule has 0 aromatic heterocycles. The highest BCUT2D eigenvalue weighted by Gasteiger charge is 2.25. The number of likely N-dealkylation sites (tertiary alicyclic amines) is 1. The highest BCUT2D eigenvalue weighted by molar-refractivity contribution is 9.10. The van der Waals surface area contributed by atoms with E-state index in [0.29, 0.717) is 13.0 Å². The van der Waals surface area contributed by atoms with Crippen LogP contribution in [-0.4, -0.2) is 35.8 Å². The maximum atomic E-state index is 12.3. The lowest BCUT2D eigenvalue weighted by Gasteiger charge is -2.34. The van der Waals surface area contributed by atoms with Crippen molar-refractivity contribution in [1.29, 1.82) is 0 Å². The lowest BCUT2D eigenvalue weighted by molar-refractivity contribution is -0.122. The molecule has 1 unspecified atom stereocenters. The Morgan fingerprint density at radius 1 is 1.41 bits per heavy atom. The van der Waals surface area contributed by atoms with Crippen LogP contribution in [0, 0.1) is 6.92 Å². The van der Waals surface area contributed by atoms with Crippen LogP contribution >= 0.6 is 15.9 Å². The first-order valence-corrected chi connectivity index (χ1v) is 8.33. The van der Waals surface area contributed by atoms with E-state index >= 15 is 0 Å². The van der Waals surface area contributed by atoms with E-state index < -0.39 is 0 Å². The molecule has 22 heavy (non-hydrogen) atoms. The number of hydrogen-bond donors (Lipinski definition) is 2. The van der Waals surface area contributed by atoms with E-state index in [1.54, 1.807) is 0 Å². The molecule has 120 valence electrons. The maximum absolute atomic E-state index is 12.3. The third kappa shape index (κ3) is 4.81. The number of nitrogens with two attached hydrogens (primary N) is 1. The highest BCUT2D eigenvalue weighted by atomic mass is 79.9. The predicted octanol–water partition coefficient (Wildman–Crippen LogP) is 2.43. The van der Waals surface area contributed by atoms with Gasteiger partial charge in [-0.2, -0.15) is 0 Å². The number of halogens is 1. The number of aryl methyl sites for hydroxylation is 1. The summed E-state index contributed by atoms with van der Waals surface area (Å²) >= 11 is 3.41. The van der Waals surface area contributed by atoms with E-state index in [-0.39, 0.29) is 17.9 Å². The molecule has 0 radical (unpaired) electrons. The quantitative estimate of drug-likeness (QED) is 0.838. The van der Waals surface area contributed by atoms with Crippen molar-refractivity contribution in [2.45, 2.75) is 38.6 Å². The molecule has 1 aliphatic rings. The van der Waals surface area contributed by atoms with Crippen LogP contribution in [0.3, 0.4) is 0 Å². The first-order chi connectivity index (χ1) is 10.5. The predicted molar refractivity (Wildman–Crippen MR) is 90.5 cm³/mol. The number of hydrogen-bond acceptors (Lipinski definition) is 3. The largest absolute Gasteiger partial charge is 0.370 e. The number of rotatable bonds is 5. The van der Waals surface area contributed by atoms with Crippen molar-refractivity contribution in [3.63, 3.8) is 0 Å². The fraction of sp³-hybridized carbons (Fsp3) is 0.500. The third-order valence-corrected chi connectivity index (χ3v) is 4.49. The number of anilines is 1. The molecule has 5 nitrogen and oxygen atoms in total. The SMILES string of the molecule is Cc1cc(Br)ccc1NC(=O)CN1CCCCC1CC(N)=O. The minimum absolute atomic E-state index is 0.0539. The van der Waals surface area contributed by atoms with Crippen LogP contribution in [0.2, 0.25) is 0 Å². The first-order valence-electron chi connectivity index (χ1n) is 7.54. The van der Waals surface area contributed by atoms with Gasteiger partial charge in [0.2, 0.25) is 11.8 Å². The second kappa shape index (κ2) is 7.74. The Kier molecular flexibility index (Phi) is 5.97. The van der Waals surface area contributed by atoms with E-state index in [0.717, 1.165) is 41.5 Å². The number of benzene rings is 1. The van der Waals surface area contributed by atoms with Gasteiger partial charge in [0.1, 0.15) is 0 Å². The number of nitrogens with one attached hydrogen (secondary N) is 1. The van der Waals surface area contributed by atoms with Gasteiger partial charge in [-0.05, 0) is 50.1 Å². The average Bonchev–Trinajstić information content (AvgIpc) is 2.43. The number of nitrogens with zero attached hydrogens (tertiary/aromatic N) is 1. The van der Waals surface area contributed by atoms with Gasteiger partial charge in [-0.1, -0.05) is 22.4 Å². The number of piperidine rings is 1. The van der Waals surface area contributed by atoms with Gasteiger partial charge in [0.15, 0.2) is 0 Å². The zero-order chi connectivity index (χ0) is 16.1. The molecule has 0 aliphatic carbocycles. The van der Waals surface area contributed by atoms with Crippen molar-refractivity contribution in [2.75, 3.05) is 18.4 Å². The molecular weight excluding hydrogens is 346 g/mol. The lowest BCUT2D eigenvalue weighted by atomic mass is 9.99. The minimum atomic E-state index is -0.305. The molecule has 2 amide bonds. The summed E-state index contributed by atoms with van der Waals surface area (Å²) in [4.78, 5) is 25.5. The summed E-state index contributed by atoms with van der Waals surface area (Å²) in [6.07, 6.45) is 3.39. The van der Waals surface area contributed by atoms with Gasteiger partial charge < -0.3 is 11.1 Å². The summed E-state index contributed by atoms with van der Waals surface area (Å²) in [5.74, 6) is -0.358. The molecule has 0 spiro atoms. The number of carbonyl (C=O) groups is 2. The molecule has 0 saturated carbocycles. The zero-order valence-corrected chi connectivity index (χ0v) is 14.4. The smallest absolute Gasteiger partial charge is 0.238 e. The summed E-state index contributed by atoms with van der Waals surface area (Å²) in [6, 6.07) is 5.84. The number of carbonyl (C=O) groups excluding carboxylic acids is 2. The molecule has 1 saturated heterocycles. The van der Waals surface area contributed by atoms with Gasteiger partial charge in [-0.3, -0.25) is 14.5 Å². The fourth-order valence-electron chi connectivity index (χ4n) is 2.87.